The number of aromatic hydroxyl groups is 1. The van der Waals surface area contributed by atoms with Gasteiger partial charge >= 0.3 is 0 Å². The summed E-state index contributed by atoms with van der Waals surface area (Å²) in [7, 11) is 1.67. The van der Waals surface area contributed by atoms with E-state index in [0.717, 1.165) is 33.3 Å². The van der Waals surface area contributed by atoms with E-state index in [4.69, 9.17) is 15.5 Å². The fourth-order valence-electron chi connectivity index (χ4n) is 3.50. The highest BCUT2D eigenvalue weighted by molar-refractivity contribution is 6.12. The number of nitrogens with zero attached hydrogens (tertiary/aromatic N) is 2. The van der Waals surface area contributed by atoms with E-state index < -0.39 is 0 Å². The molecule has 0 radical (unpaired) electrons. The Morgan fingerprint density at radius 3 is 2.73 bits per heavy atom. The highest BCUT2D eigenvalue weighted by atomic mass is 16.5. The molecule has 0 aliphatic heterocycles. The van der Waals surface area contributed by atoms with Crippen molar-refractivity contribution in [1.29, 1.82) is 0 Å². The monoisotopic (exact) mass is 347 g/mol. The van der Waals surface area contributed by atoms with Crippen molar-refractivity contribution in [1.82, 2.24) is 9.55 Å². The predicted octanol–water partition coefficient (Wildman–Crippen LogP) is 4.48. The minimum absolute atomic E-state index is 0.160. The van der Waals surface area contributed by atoms with Crippen molar-refractivity contribution in [3.8, 4) is 22.8 Å². The fourth-order valence-corrected chi connectivity index (χ4v) is 3.50. The van der Waals surface area contributed by atoms with Gasteiger partial charge in [-0.3, -0.25) is 0 Å². The maximum absolute atomic E-state index is 10.5. The van der Waals surface area contributed by atoms with Crippen molar-refractivity contribution in [3.63, 3.8) is 0 Å². The Balaban J connectivity index is 2.11. The summed E-state index contributed by atoms with van der Waals surface area (Å²) < 4.78 is 7.31. The summed E-state index contributed by atoms with van der Waals surface area (Å²) in [5.41, 5.74) is 11.5. The number of hydrogen-bond donors (Lipinski definition) is 2. The van der Waals surface area contributed by atoms with E-state index in [1.165, 1.54) is 0 Å². The highest BCUT2D eigenvalue weighted by Gasteiger charge is 2.18. The number of methoxy groups -OCH3 is 1. The molecule has 0 saturated carbocycles. The van der Waals surface area contributed by atoms with E-state index in [9.17, 15) is 5.11 Å². The molecule has 26 heavy (non-hydrogen) atoms. The smallest absolute Gasteiger partial charge is 0.202 e. The molecule has 2 heterocycles. The Morgan fingerprint density at radius 1 is 1.19 bits per heavy atom. The first-order valence-corrected chi connectivity index (χ1v) is 8.60. The average Bonchev–Trinajstić information content (AvgIpc) is 2.97. The largest absolute Gasteiger partial charge is 0.496 e. The van der Waals surface area contributed by atoms with Crippen molar-refractivity contribution < 1.29 is 9.84 Å². The molecule has 0 fully saturated rings. The molecule has 0 bridgehead atoms. The number of hydrogen-bond acceptors (Lipinski definition) is 4. The normalized spacial score (nSPS) is 11.3. The lowest BCUT2D eigenvalue weighted by Gasteiger charge is -2.13. The summed E-state index contributed by atoms with van der Waals surface area (Å²) in [5.74, 6) is 0.950. The quantitative estimate of drug-likeness (QED) is 0.573. The van der Waals surface area contributed by atoms with Crippen LogP contribution in [-0.4, -0.2) is 21.8 Å². The molecule has 2 aromatic heterocycles. The van der Waals surface area contributed by atoms with Crippen LogP contribution in [0.1, 0.15) is 12.5 Å². The highest BCUT2D eigenvalue weighted by Crippen LogP contribution is 2.40. The molecule has 3 N–H and O–H groups in total. The molecule has 0 unspecified atom stereocenters. The van der Waals surface area contributed by atoms with Crippen LogP contribution in [0.5, 0.6) is 11.6 Å². The van der Waals surface area contributed by atoms with Gasteiger partial charge in [0.05, 0.1) is 29.2 Å². The summed E-state index contributed by atoms with van der Waals surface area (Å²) in [6, 6.07) is 12.0. The molecule has 5 heteroatoms. The van der Waals surface area contributed by atoms with Gasteiger partial charge in [0, 0.05) is 29.3 Å². The third-order valence-corrected chi connectivity index (χ3v) is 4.84. The first-order chi connectivity index (χ1) is 12.5. The van der Waals surface area contributed by atoms with Gasteiger partial charge in [0.15, 0.2) is 0 Å². The number of nitrogens with two attached hydrogens (primary N) is 1. The summed E-state index contributed by atoms with van der Waals surface area (Å²) in [4.78, 5) is 4.83. The van der Waals surface area contributed by atoms with E-state index in [2.05, 4.69) is 6.07 Å². The van der Waals surface area contributed by atoms with Crippen LogP contribution in [-0.2, 0) is 6.54 Å². The SMILES string of the molecule is CCn1cc2nc3c(-c4cc(C)ccc4OC)cccc3c(N)c2c1O. The third kappa shape index (κ3) is 2.28. The van der Waals surface area contributed by atoms with Crippen molar-refractivity contribution in [2.24, 2.45) is 0 Å². The lowest BCUT2D eigenvalue weighted by atomic mass is 9.98. The van der Waals surface area contributed by atoms with Crippen LogP contribution in [0, 0.1) is 6.92 Å². The van der Waals surface area contributed by atoms with Gasteiger partial charge in [0.1, 0.15) is 5.75 Å². The number of nitrogen functional groups attached to an aromatic ring is 1. The molecule has 2 aromatic carbocycles. The summed E-state index contributed by atoms with van der Waals surface area (Å²) in [6.45, 7) is 4.67. The minimum atomic E-state index is 0.160. The number of rotatable bonds is 3. The number of para-hydroxylation sites is 1. The van der Waals surface area contributed by atoms with Gasteiger partial charge in [-0.25, -0.2) is 4.98 Å². The first kappa shape index (κ1) is 16.3. The van der Waals surface area contributed by atoms with Crippen LogP contribution < -0.4 is 10.5 Å². The first-order valence-electron chi connectivity index (χ1n) is 8.60. The second kappa shape index (κ2) is 5.95. The van der Waals surface area contributed by atoms with E-state index in [-0.39, 0.29) is 5.88 Å². The molecule has 5 nitrogen and oxygen atoms in total. The van der Waals surface area contributed by atoms with Gasteiger partial charge in [0.2, 0.25) is 5.88 Å². The van der Waals surface area contributed by atoms with Crippen LogP contribution in [0.25, 0.3) is 32.9 Å². The molecule has 0 aliphatic rings. The molecule has 4 rings (SSSR count). The van der Waals surface area contributed by atoms with Crippen LogP contribution in [0.3, 0.4) is 0 Å². The Bertz CT molecular complexity index is 1150. The Morgan fingerprint density at radius 2 is 2.00 bits per heavy atom. The third-order valence-electron chi connectivity index (χ3n) is 4.84. The molecular formula is C21H21N3O2. The number of fused-ring (bicyclic) bond motifs is 2. The van der Waals surface area contributed by atoms with Gasteiger partial charge in [-0.2, -0.15) is 0 Å². The number of pyridine rings is 1. The lowest BCUT2D eigenvalue weighted by molar-refractivity contribution is 0.416. The Labute approximate surface area is 151 Å². The minimum Gasteiger partial charge on any atom is -0.496 e. The summed E-state index contributed by atoms with van der Waals surface area (Å²) in [5, 5.41) is 11.9. The Hall–Kier alpha value is -3.21. The zero-order valence-electron chi connectivity index (χ0n) is 15.1. The molecule has 132 valence electrons. The van der Waals surface area contributed by atoms with Gasteiger partial charge in [-0.1, -0.05) is 29.8 Å². The van der Waals surface area contributed by atoms with Crippen LogP contribution in [0.15, 0.2) is 42.6 Å². The van der Waals surface area contributed by atoms with Gasteiger partial charge in [-0.05, 0) is 26.0 Å². The number of aryl methyl sites for hydroxylation is 2. The van der Waals surface area contributed by atoms with Gasteiger partial charge < -0.3 is 20.1 Å². The lowest BCUT2D eigenvalue weighted by Crippen LogP contribution is -1.95. The number of aromatic nitrogens is 2. The second-order valence-electron chi connectivity index (χ2n) is 6.43. The topological polar surface area (TPSA) is 73.3 Å². The molecular weight excluding hydrogens is 326 g/mol. The van der Waals surface area contributed by atoms with Crippen molar-refractivity contribution in [2.45, 2.75) is 20.4 Å². The number of benzene rings is 2. The zero-order valence-corrected chi connectivity index (χ0v) is 15.1. The van der Waals surface area contributed by atoms with Crippen LogP contribution >= 0.6 is 0 Å². The van der Waals surface area contributed by atoms with Crippen molar-refractivity contribution in [3.05, 3.63) is 48.2 Å². The van der Waals surface area contributed by atoms with Crippen molar-refractivity contribution in [2.75, 3.05) is 12.8 Å². The molecule has 0 amide bonds. The van der Waals surface area contributed by atoms with E-state index in [0.29, 0.717) is 23.1 Å². The van der Waals surface area contributed by atoms with Crippen LogP contribution in [0.4, 0.5) is 5.69 Å². The molecule has 0 spiro atoms. The zero-order chi connectivity index (χ0) is 18.4. The standard InChI is InChI=1S/C21H21N3O2/c1-4-24-11-16-18(21(24)25)19(22)14-7-5-6-13(20(14)23-16)15-10-12(2)8-9-17(15)26-3/h5-11,25H,4,22H2,1-3H3. The molecule has 0 atom stereocenters. The fraction of sp³-hybridized carbons (Fsp3) is 0.190. The van der Waals surface area contributed by atoms with E-state index in [1.807, 2.05) is 50.4 Å². The summed E-state index contributed by atoms with van der Waals surface area (Å²) in [6.07, 6.45) is 1.84. The maximum Gasteiger partial charge on any atom is 0.202 e. The molecule has 0 saturated heterocycles. The van der Waals surface area contributed by atoms with E-state index in [1.54, 1.807) is 11.7 Å². The van der Waals surface area contributed by atoms with Crippen molar-refractivity contribution >= 4 is 27.5 Å². The average molecular weight is 347 g/mol. The van der Waals surface area contributed by atoms with E-state index >= 15 is 0 Å². The Kier molecular flexibility index (Phi) is 3.72. The predicted molar refractivity (Wildman–Crippen MR) is 106 cm³/mol. The van der Waals surface area contributed by atoms with Gasteiger partial charge in [0.25, 0.3) is 0 Å². The van der Waals surface area contributed by atoms with Crippen LogP contribution in [0.2, 0.25) is 0 Å². The second-order valence-corrected chi connectivity index (χ2v) is 6.43. The molecule has 4 aromatic rings. The number of anilines is 1. The van der Waals surface area contributed by atoms with Gasteiger partial charge in [-0.15, -0.1) is 0 Å². The maximum atomic E-state index is 10.5. The number of ether oxygens (including phenoxy) is 1. The summed E-state index contributed by atoms with van der Waals surface area (Å²) >= 11 is 0. The molecule has 0 aliphatic carbocycles.